The first-order chi connectivity index (χ1) is 9.95. The van der Waals surface area contributed by atoms with Crippen LogP contribution in [0.1, 0.15) is 38.4 Å². The van der Waals surface area contributed by atoms with E-state index in [-0.39, 0.29) is 11.0 Å². The van der Waals surface area contributed by atoms with Gasteiger partial charge in [-0.05, 0) is 37.5 Å². The molecule has 1 heterocycles. The number of aliphatic hydroxyl groups excluding tert-OH is 1. The lowest BCUT2D eigenvalue weighted by Crippen LogP contribution is -2.37. The van der Waals surface area contributed by atoms with Gasteiger partial charge >= 0.3 is 0 Å². The fraction of sp³-hybridized carbons (Fsp3) is 0.600. The predicted molar refractivity (Wildman–Crippen MR) is 80.5 cm³/mol. The Kier molecular flexibility index (Phi) is 5.37. The normalized spacial score (nSPS) is 20.9. The van der Waals surface area contributed by atoms with Gasteiger partial charge in [0.15, 0.2) is 0 Å². The molecule has 118 valence electrons. The summed E-state index contributed by atoms with van der Waals surface area (Å²) in [5, 5.41) is 9.61. The van der Waals surface area contributed by atoms with Crippen LogP contribution in [0.25, 0.3) is 0 Å². The van der Waals surface area contributed by atoms with E-state index < -0.39 is 16.1 Å². The summed E-state index contributed by atoms with van der Waals surface area (Å²) >= 11 is 0. The zero-order valence-corrected chi connectivity index (χ0v) is 13.3. The van der Waals surface area contributed by atoms with Gasteiger partial charge in [-0.2, -0.15) is 4.31 Å². The molecule has 6 heteroatoms. The molecule has 1 aliphatic heterocycles. The van der Waals surface area contributed by atoms with Crippen molar-refractivity contribution in [3.8, 4) is 0 Å². The highest BCUT2D eigenvalue weighted by Crippen LogP contribution is 2.22. The van der Waals surface area contributed by atoms with Crippen LogP contribution in [-0.4, -0.2) is 43.6 Å². The minimum absolute atomic E-state index is 0.0142. The van der Waals surface area contributed by atoms with E-state index in [1.807, 2.05) is 6.92 Å². The Balaban J connectivity index is 2.23. The topological polar surface area (TPSA) is 66.8 Å². The second-order valence-electron chi connectivity index (χ2n) is 5.34. The molecule has 1 fully saturated rings. The predicted octanol–water partition coefficient (Wildman–Crippen LogP) is 1.93. The number of ether oxygens (including phenoxy) is 1. The van der Waals surface area contributed by atoms with Gasteiger partial charge in [0.2, 0.25) is 10.0 Å². The lowest BCUT2D eigenvalue weighted by Gasteiger charge is -2.23. The number of aliphatic hydroxyl groups is 1. The molecule has 21 heavy (non-hydrogen) atoms. The molecule has 1 aliphatic rings. The molecule has 1 aromatic carbocycles. The van der Waals surface area contributed by atoms with Crippen LogP contribution in [0.3, 0.4) is 0 Å². The Morgan fingerprint density at radius 1 is 1.48 bits per heavy atom. The van der Waals surface area contributed by atoms with Crippen molar-refractivity contribution in [2.45, 2.75) is 43.8 Å². The van der Waals surface area contributed by atoms with E-state index in [4.69, 9.17) is 4.74 Å². The van der Waals surface area contributed by atoms with Crippen molar-refractivity contribution in [1.82, 2.24) is 4.31 Å². The van der Waals surface area contributed by atoms with Crippen molar-refractivity contribution in [1.29, 1.82) is 0 Å². The van der Waals surface area contributed by atoms with Crippen molar-refractivity contribution in [3.05, 3.63) is 29.8 Å². The summed E-state index contributed by atoms with van der Waals surface area (Å²) < 4.78 is 32.4. The molecule has 0 bridgehead atoms. The average Bonchev–Trinajstić information content (AvgIpc) is 2.97. The van der Waals surface area contributed by atoms with Crippen LogP contribution in [0.2, 0.25) is 0 Å². The SMILES string of the molecule is CCN(CC1CCCO1)S(=O)(=O)c1cccc(C(C)O)c1. The maximum absolute atomic E-state index is 12.7. The first kappa shape index (κ1) is 16.4. The minimum Gasteiger partial charge on any atom is -0.389 e. The maximum atomic E-state index is 12.7. The van der Waals surface area contributed by atoms with E-state index in [2.05, 4.69) is 0 Å². The molecule has 0 spiro atoms. The number of rotatable bonds is 6. The van der Waals surface area contributed by atoms with Crippen molar-refractivity contribution in [2.75, 3.05) is 19.7 Å². The third-order valence-corrected chi connectivity index (χ3v) is 5.70. The van der Waals surface area contributed by atoms with Gasteiger partial charge in [-0.25, -0.2) is 8.42 Å². The first-order valence-corrected chi connectivity index (χ1v) is 8.79. The zero-order chi connectivity index (χ0) is 15.5. The Bertz CT molecular complexity index is 565. The fourth-order valence-electron chi connectivity index (χ4n) is 2.50. The second-order valence-corrected chi connectivity index (χ2v) is 7.28. The number of likely N-dealkylation sites (N-methyl/N-ethyl adjacent to an activating group) is 1. The second kappa shape index (κ2) is 6.87. The Morgan fingerprint density at radius 2 is 2.24 bits per heavy atom. The molecule has 1 saturated heterocycles. The van der Waals surface area contributed by atoms with Gasteiger partial charge in [0.05, 0.1) is 17.1 Å². The summed E-state index contributed by atoms with van der Waals surface area (Å²) in [7, 11) is -3.55. The summed E-state index contributed by atoms with van der Waals surface area (Å²) in [6.07, 6.45) is 1.19. The highest BCUT2D eigenvalue weighted by Gasteiger charge is 2.28. The smallest absolute Gasteiger partial charge is 0.243 e. The number of sulfonamides is 1. The van der Waals surface area contributed by atoms with Crippen LogP contribution in [-0.2, 0) is 14.8 Å². The van der Waals surface area contributed by atoms with Crippen molar-refractivity contribution in [2.24, 2.45) is 0 Å². The highest BCUT2D eigenvalue weighted by molar-refractivity contribution is 7.89. The minimum atomic E-state index is -3.55. The monoisotopic (exact) mass is 313 g/mol. The van der Waals surface area contributed by atoms with Gasteiger partial charge in [0.25, 0.3) is 0 Å². The molecule has 5 nitrogen and oxygen atoms in total. The van der Waals surface area contributed by atoms with E-state index in [1.54, 1.807) is 25.1 Å². The summed E-state index contributed by atoms with van der Waals surface area (Å²) in [6, 6.07) is 6.49. The summed E-state index contributed by atoms with van der Waals surface area (Å²) in [5.74, 6) is 0. The van der Waals surface area contributed by atoms with Gasteiger partial charge in [0.1, 0.15) is 0 Å². The molecule has 0 amide bonds. The zero-order valence-electron chi connectivity index (χ0n) is 12.5. The molecular formula is C15H23NO4S. The Morgan fingerprint density at radius 3 is 2.81 bits per heavy atom. The van der Waals surface area contributed by atoms with Crippen LogP contribution in [0.15, 0.2) is 29.2 Å². The molecule has 0 radical (unpaired) electrons. The van der Waals surface area contributed by atoms with Gasteiger partial charge < -0.3 is 9.84 Å². The van der Waals surface area contributed by atoms with Crippen LogP contribution in [0.5, 0.6) is 0 Å². The van der Waals surface area contributed by atoms with E-state index in [0.29, 0.717) is 25.3 Å². The van der Waals surface area contributed by atoms with Crippen molar-refractivity contribution in [3.63, 3.8) is 0 Å². The third kappa shape index (κ3) is 3.83. The lowest BCUT2D eigenvalue weighted by molar-refractivity contribution is 0.0946. The molecule has 2 rings (SSSR count). The molecular weight excluding hydrogens is 290 g/mol. The largest absolute Gasteiger partial charge is 0.389 e. The van der Waals surface area contributed by atoms with Crippen LogP contribution < -0.4 is 0 Å². The van der Waals surface area contributed by atoms with E-state index >= 15 is 0 Å². The van der Waals surface area contributed by atoms with Crippen LogP contribution in [0.4, 0.5) is 0 Å². The summed E-state index contributed by atoms with van der Waals surface area (Å²) in [5.41, 5.74) is 0.601. The van der Waals surface area contributed by atoms with Gasteiger partial charge in [-0.15, -0.1) is 0 Å². The van der Waals surface area contributed by atoms with Crippen molar-refractivity contribution < 1.29 is 18.3 Å². The molecule has 0 aromatic heterocycles. The molecule has 2 unspecified atom stereocenters. The fourth-order valence-corrected chi connectivity index (χ4v) is 4.03. The molecule has 0 saturated carbocycles. The quantitative estimate of drug-likeness (QED) is 0.871. The van der Waals surface area contributed by atoms with Crippen LogP contribution >= 0.6 is 0 Å². The number of hydrogen-bond donors (Lipinski definition) is 1. The number of hydrogen-bond acceptors (Lipinski definition) is 4. The lowest BCUT2D eigenvalue weighted by atomic mass is 10.1. The highest BCUT2D eigenvalue weighted by atomic mass is 32.2. The standard InChI is InChI=1S/C15H23NO4S/c1-3-16(11-14-7-5-9-20-14)21(18,19)15-8-4-6-13(10-15)12(2)17/h4,6,8,10,12,14,17H,3,5,7,9,11H2,1-2H3. The van der Waals surface area contributed by atoms with E-state index in [9.17, 15) is 13.5 Å². The molecule has 1 aromatic rings. The molecule has 1 N–H and O–H groups in total. The third-order valence-electron chi connectivity index (χ3n) is 3.76. The van der Waals surface area contributed by atoms with Gasteiger partial charge in [0, 0.05) is 19.7 Å². The van der Waals surface area contributed by atoms with Gasteiger partial charge in [-0.3, -0.25) is 0 Å². The summed E-state index contributed by atoms with van der Waals surface area (Å²) in [4.78, 5) is 0.223. The maximum Gasteiger partial charge on any atom is 0.243 e. The van der Waals surface area contributed by atoms with E-state index in [0.717, 1.165) is 12.8 Å². The molecule has 0 aliphatic carbocycles. The van der Waals surface area contributed by atoms with Crippen molar-refractivity contribution >= 4 is 10.0 Å². The van der Waals surface area contributed by atoms with Gasteiger partial charge in [-0.1, -0.05) is 19.1 Å². The average molecular weight is 313 g/mol. The number of nitrogens with zero attached hydrogens (tertiary/aromatic N) is 1. The van der Waals surface area contributed by atoms with E-state index in [1.165, 1.54) is 10.4 Å². The Labute approximate surface area is 126 Å². The Hall–Kier alpha value is -0.950. The van der Waals surface area contributed by atoms with Crippen LogP contribution in [0, 0.1) is 0 Å². The number of benzene rings is 1. The molecule has 2 atom stereocenters. The summed E-state index contributed by atoms with van der Waals surface area (Å²) in [6.45, 7) is 4.94. The first-order valence-electron chi connectivity index (χ1n) is 7.35.